The molecule has 0 radical (unpaired) electrons. The van der Waals surface area contributed by atoms with Gasteiger partial charge in [0.05, 0.1) is 0 Å². The Morgan fingerprint density at radius 3 is 2.62 bits per heavy atom. The van der Waals surface area contributed by atoms with Gasteiger partial charge in [-0.15, -0.1) is 6.58 Å². The SMILES string of the molecule is C=CCN(C=O)C/C=C/CCCC. The lowest BCUT2D eigenvalue weighted by Crippen LogP contribution is -2.21. The van der Waals surface area contributed by atoms with Crippen LogP contribution in [0.2, 0.25) is 0 Å². The van der Waals surface area contributed by atoms with Crippen molar-refractivity contribution in [1.82, 2.24) is 4.90 Å². The second-order valence-electron chi connectivity index (χ2n) is 2.96. The first kappa shape index (κ1) is 11.9. The molecule has 0 aliphatic heterocycles. The van der Waals surface area contributed by atoms with E-state index in [1.165, 1.54) is 12.8 Å². The summed E-state index contributed by atoms with van der Waals surface area (Å²) in [7, 11) is 0. The van der Waals surface area contributed by atoms with Gasteiger partial charge < -0.3 is 4.90 Å². The fourth-order valence-corrected chi connectivity index (χ4v) is 0.976. The quantitative estimate of drug-likeness (QED) is 0.320. The van der Waals surface area contributed by atoms with Gasteiger partial charge in [-0.1, -0.05) is 38.0 Å². The zero-order chi connectivity index (χ0) is 9.94. The van der Waals surface area contributed by atoms with Gasteiger partial charge >= 0.3 is 0 Å². The molecule has 0 saturated heterocycles. The van der Waals surface area contributed by atoms with Crippen LogP contribution in [-0.2, 0) is 4.79 Å². The molecule has 0 N–H and O–H groups in total. The maximum Gasteiger partial charge on any atom is 0.210 e. The van der Waals surface area contributed by atoms with E-state index < -0.39 is 0 Å². The molecule has 0 aliphatic carbocycles. The number of allylic oxidation sites excluding steroid dienone is 1. The fraction of sp³-hybridized carbons (Fsp3) is 0.545. The molecule has 2 nitrogen and oxygen atoms in total. The van der Waals surface area contributed by atoms with E-state index in [9.17, 15) is 4.79 Å². The Kier molecular flexibility index (Phi) is 8.31. The number of carbonyl (C=O) groups is 1. The van der Waals surface area contributed by atoms with Crippen molar-refractivity contribution in [2.24, 2.45) is 0 Å². The Morgan fingerprint density at radius 1 is 1.31 bits per heavy atom. The van der Waals surface area contributed by atoms with Crippen LogP contribution in [0.15, 0.2) is 24.8 Å². The third kappa shape index (κ3) is 7.32. The standard InChI is InChI=1S/C11H19NO/c1-3-5-6-7-8-10-12(11-13)9-4-2/h4,7-8,11H,2-3,5-6,9-10H2,1H3/b8-7+. The molecule has 13 heavy (non-hydrogen) atoms. The minimum Gasteiger partial charge on any atom is -0.338 e. The lowest BCUT2D eigenvalue weighted by atomic mass is 10.2. The van der Waals surface area contributed by atoms with Crippen molar-refractivity contribution in [2.75, 3.05) is 13.1 Å². The summed E-state index contributed by atoms with van der Waals surface area (Å²) in [6.07, 6.45) is 10.3. The summed E-state index contributed by atoms with van der Waals surface area (Å²) in [5.74, 6) is 0. The van der Waals surface area contributed by atoms with Crippen molar-refractivity contribution < 1.29 is 4.79 Å². The highest BCUT2D eigenvalue weighted by Gasteiger charge is 1.92. The second-order valence-corrected chi connectivity index (χ2v) is 2.96. The smallest absolute Gasteiger partial charge is 0.210 e. The summed E-state index contributed by atoms with van der Waals surface area (Å²) in [5, 5.41) is 0. The van der Waals surface area contributed by atoms with E-state index in [-0.39, 0.29) is 0 Å². The molecular formula is C11H19NO. The lowest BCUT2D eigenvalue weighted by Gasteiger charge is -2.11. The van der Waals surface area contributed by atoms with E-state index in [1.54, 1.807) is 11.0 Å². The molecule has 0 fully saturated rings. The topological polar surface area (TPSA) is 20.3 Å². The number of unbranched alkanes of at least 4 members (excludes halogenated alkanes) is 2. The summed E-state index contributed by atoms with van der Waals surface area (Å²) in [6, 6.07) is 0. The first-order valence-electron chi connectivity index (χ1n) is 4.80. The van der Waals surface area contributed by atoms with Gasteiger partial charge in [-0.3, -0.25) is 4.79 Å². The van der Waals surface area contributed by atoms with Crippen LogP contribution in [0.1, 0.15) is 26.2 Å². The highest BCUT2D eigenvalue weighted by atomic mass is 16.1. The average Bonchev–Trinajstić information content (AvgIpc) is 2.16. The van der Waals surface area contributed by atoms with E-state index in [0.29, 0.717) is 13.1 Å². The van der Waals surface area contributed by atoms with Crippen LogP contribution in [0.25, 0.3) is 0 Å². The second kappa shape index (κ2) is 9.04. The Hall–Kier alpha value is -1.05. The number of nitrogens with zero attached hydrogens (tertiary/aromatic N) is 1. The van der Waals surface area contributed by atoms with E-state index >= 15 is 0 Å². The Labute approximate surface area is 80.9 Å². The molecule has 74 valence electrons. The molecule has 0 aromatic rings. The number of amides is 1. The average molecular weight is 181 g/mol. The Balaban J connectivity index is 3.51. The summed E-state index contributed by atoms with van der Waals surface area (Å²) in [5.41, 5.74) is 0. The summed E-state index contributed by atoms with van der Waals surface area (Å²) in [4.78, 5) is 12.1. The first-order valence-corrected chi connectivity index (χ1v) is 4.80. The first-order chi connectivity index (χ1) is 6.35. The van der Waals surface area contributed by atoms with Crippen molar-refractivity contribution in [3.8, 4) is 0 Å². The van der Waals surface area contributed by atoms with Gasteiger partial charge in [0.25, 0.3) is 0 Å². The minimum absolute atomic E-state index is 0.627. The van der Waals surface area contributed by atoms with E-state index in [4.69, 9.17) is 0 Å². The van der Waals surface area contributed by atoms with Gasteiger partial charge in [-0.25, -0.2) is 0 Å². The van der Waals surface area contributed by atoms with Crippen LogP contribution in [0.5, 0.6) is 0 Å². The summed E-state index contributed by atoms with van der Waals surface area (Å²) in [6.45, 7) is 7.07. The van der Waals surface area contributed by atoms with Gasteiger partial charge in [-0.2, -0.15) is 0 Å². The van der Waals surface area contributed by atoms with Crippen molar-refractivity contribution in [3.63, 3.8) is 0 Å². The molecule has 0 atom stereocenters. The zero-order valence-corrected chi connectivity index (χ0v) is 8.41. The molecule has 0 aromatic heterocycles. The number of carbonyl (C=O) groups excluding carboxylic acids is 1. The highest BCUT2D eigenvalue weighted by molar-refractivity contribution is 5.47. The third-order valence-electron chi connectivity index (χ3n) is 1.74. The molecule has 0 spiro atoms. The van der Waals surface area contributed by atoms with Gasteiger partial charge in [0, 0.05) is 13.1 Å². The van der Waals surface area contributed by atoms with Crippen molar-refractivity contribution in [2.45, 2.75) is 26.2 Å². The molecule has 0 rings (SSSR count). The lowest BCUT2D eigenvalue weighted by molar-refractivity contribution is -0.117. The highest BCUT2D eigenvalue weighted by Crippen LogP contribution is 1.95. The van der Waals surface area contributed by atoms with E-state index in [0.717, 1.165) is 12.8 Å². The van der Waals surface area contributed by atoms with Gasteiger partial charge in [-0.05, 0) is 6.42 Å². The number of hydrogen-bond acceptors (Lipinski definition) is 1. The Morgan fingerprint density at radius 2 is 2.08 bits per heavy atom. The largest absolute Gasteiger partial charge is 0.338 e. The fourth-order valence-electron chi connectivity index (χ4n) is 0.976. The van der Waals surface area contributed by atoms with Crippen molar-refractivity contribution >= 4 is 6.41 Å². The molecule has 0 aromatic carbocycles. The monoisotopic (exact) mass is 181 g/mol. The predicted molar refractivity (Wildman–Crippen MR) is 56.5 cm³/mol. The number of hydrogen-bond donors (Lipinski definition) is 0. The molecule has 1 amide bonds. The summed E-state index contributed by atoms with van der Waals surface area (Å²) < 4.78 is 0. The van der Waals surface area contributed by atoms with E-state index in [1.807, 2.05) is 6.08 Å². The molecule has 0 aliphatic rings. The minimum atomic E-state index is 0.627. The zero-order valence-electron chi connectivity index (χ0n) is 8.41. The summed E-state index contributed by atoms with van der Waals surface area (Å²) >= 11 is 0. The van der Waals surface area contributed by atoms with Crippen LogP contribution in [-0.4, -0.2) is 24.4 Å². The molecule has 0 bridgehead atoms. The maximum atomic E-state index is 10.5. The molecule has 0 saturated carbocycles. The Bertz CT molecular complexity index is 163. The van der Waals surface area contributed by atoms with Crippen molar-refractivity contribution in [3.05, 3.63) is 24.8 Å². The van der Waals surface area contributed by atoms with Crippen LogP contribution >= 0.6 is 0 Å². The normalized spacial score (nSPS) is 10.2. The van der Waals surface area contributed by atoms with Crippen LogP contribution in [0, 0.1) is 0 Å². The maximum absolute atomic E-state index is 10.5. The van der Waals surface area contributed by atoms with E-state index in [2.05, 4.69) is 19.6 Å². The molecule has 0 heterocycles. The number of rotatable bonds is 8. The predicted octanol–water partition coefficient (Wildman–Crippen LogP) is 2.38. The van der Waals surface area contributed by atoms with Gasteiger partial charge in [0.15, 0.2) is 0 Å². The van der Waals surface area contributed by atoms with Crippen LogP contribution < -0.4 is 0 Å². The van der Waals surface area contributed by atoms with Gasteiger partial charge in [0.2, 0.25) is 6.41 Å². The third-order valence-corrected chi connectivity index (χ3v) is 1.74. The molecular weight excluding hydrogens is 162 g/mol. The van der Waals surface area contributed by atoms with Crippen molar-refractivity contribution in [1.29, 1.82) is 0 Å². The van der Waals surface area contributed by atoms with Gasteiger partial charge in [0.1, 0.15) is 0 Å². The molecule has 2 heteroatoms. The van der Waals surface area contributed by atoms with Crippen LogP contribution in [0.4, 0.5) is 0 Å². The molecule has 0 unspecified atom stereocenters. The van der Waals surface area contributed by atoms with Crippen LogP contribution in [0.3, 0.4) is 0 Å².